The maximum atomic E-state index is 13.4. The van der Waals surface area contributed by atoms with Gasteiger partial charge < -0.3 is 20.1 Å². The summed E-state index contributed by atoms with van der Waals surface area (Å²) in [6, 6.07) is 19.5. The fraction of sp³-hybridized carbons (Fsp3) is 0.269. The molecule has 0 bridgehead atoms. The molecule has 0 aliphatic carbocycles. The molecule has 1 fully saturated rings. The number of nitrogens with zero attached hydrogens (tertiary/aromatic N) is 1. The van der Waals surface area contributed by atoms with E-state index in [2.05, 4.69) is 11.4 Å². The normalized spacial score (nSPS) is 21.5. The van der Waals surface area contributed by atoms with Crippen LogP contribution in [0.15, 0.2) is 66.7 Å². The van der Waals surface area contributed by atoms with Crippen LogP contribution < -0.4 is 10.1 Å². The van der Waals surface area contributed by atoms with Gasteiger partial charge in [-0.2, -0.15) is 0 Å². The van der Waals surface area contributed by atoms with Crippen LogP contribution in [0.3, 0.4) is 0 Å². The largest absolute Gasteiger partial charge is 0.497 e. The Labute approximate surface area is 186 Å². The second-order valence-electron chi connectivity index (χ2n) is 8.37. The standard InChI is InChI=1S/C26H25FN2O3/c1-32-20-4-2-3-17(13-20)18-7-10-23-22(14-18)25-21(24(15-30)28-23)11-12-29(25)26(31)16-5-8-19(27)9-6-16/h2-10,13-14,21,24-25,28,30H,11-12,15H2,1H3/t21-,24-,25-/m1/s1. The molecule has 5 nitrogen and oxygen atoms in total. The molecule has 0 radical (unpaired) electrons. The monoisotopic (exact) mass is 432 g/mol. The molecule has 6 heteroatoms. The van der Waals surface area contributed by atoms with Crippen molar-refractivity contribution in [3.63, 3.8) is 0 Å². The lowest BCUT2D eigenvalue weighted by Gasteiger charge is -2.39. The zero-order chi connectivity index (χ0) is 22.2. The molecule has 164 valence electrons. The zero-order valence-electron chi connectivity index (χ0n) is 17.8. The van der Waals surface area contributed by atoms with E-state index in [-0.39, 0.29) is 36.3 Å². The van der Waals surface area contributed by atoms with Gasteiger partial charge in [0.25, 0.3) is 5.91 Å². The third-order valence-corrected chi connectivity index (χ3v) is 6.62. The van der Waals surface area contributed by atoms with Crippen LogP contribution in [0.1, 0.15) is 28.4 Å². The minimum absolute atomic E-state index is 0.00315. The van der Waals surface area contributed by atoms with Crippen LogP contribution in [0.4, 0.5) is 10.1 Å². The average molecular weight is 432 g/mol. The molecule has 1 saturated heterocycles. The number of benzene rings is 3. The summed E-state index contributed by atoms with van der Waals surface area (Å²) >= 11 is 0. The highest BCUT2D eigenvalue weighted by Gasteiger charge is 2.45. The van der Waals surface area contributed by atoms with E-state index >= 15 is 0 Å². The lowest BCUT2D eigenvalue weighted by molar-refractivity contribution is 0.0701. The molecule has 5 rings (SSSR count). The van der Waals surface area contributed by atoms with E-state index in [1.54, 1.807) is 7.11 Å². The van der Waals surface area contributed by atoms with E-state index in [1.807, 2.05) is 41.3 Å². The number of ether oxygens (including phenoxy) is 1. The van der Waals surface area contributed by atoms with Crippen LogP contribution in [0, 0.1) is 11.7 Å². The highest BCUT2D eigenvalue weighted by Crippen LogP contribution is 2.47. The third kappa shape index (κ3) is 3.50. The number of methoxy groups -OCH3 is 1. The van der Waals surface area contributed by atoms with Crippen LogP contribution in [-0.4, -0.2) is 42.2 Å². The number of aliphatic hydroxyl groups excluding tert-OH is 1. The molecular weight excluding hydrogens is 407 g/mol. The molecule has 3 aromatic rings. The van der Waals surface area contributed by atoms with Crippen molar-refractivity contribution in [3.8, 4) is 16.9 Å². The van der Waals surface area contributed by atoms with E-state index in [9.17, 15) is 14.3 Å². The van der Waals surface area contributed by atoms with Crippen molar-refractivity contribution in [3.05, 3.63) is 83.7 Å². The maximum absolute atomic E-state index is 13.4. The van der Waals surface area contributed by atoms with Gasteiger partial charge in [0, 0.05) is 23.7 Å². The number of carbonyl (C=O) groups is 1. The van der Waals surface area contributed by atoms with Crippen molar-refractivity contribution in [1.82, 2.24) is 4.90 Å². The van der Waals surface area contributed by atoms with Crippen molar-refractivity contribution in [2.24, 2.45) is 5.92 Å². The van der Waals surface area contributed by atoms with Crippen molar-refractivity contribution >= 4 is 11.6 Å². The molecule has 0 aromatic heterocycles. The SMILES string of the molecule is COc1cccc(-c2ccc3c(c2)[C@H]2[C@H](CCN2C(=O)c2ccc(F)cc2)[C@@H](CO)N3)c1. The number of halogens is 1. The molecule has 1 amide bonds. The van der Waals surface area contributed by atoms with Crippen molar-refractivity contribution in [2.75, 3.05) is 25.6 Å². The summed E-state index contributed by atoms with van der Waals surface area (Å²) in [5.74, 6) is 0.396. The number of rotatable bonds is 4. The lowest BCUT2D eigenvalue weighted by atomic mass is 9.82. The molecule has 0 spiro atoms. The summed E-state index contributed by atoms with van der Waals surface area (Å²) in [7, 11) is 1.65. The summed E-state index contributed by atoms with van der Waals surface area (Å²) in [6.45, 7) is 0.587. The average Bonchev–Trinajstić information content (AvgIpc) is 3.29. The van der Waals surface area contributed by atoms with Gasteiger partial charge in [-0.15, -0.1) is 0 Å². The van der Waals surface area contributed by atoms with Crippen molar-refractivity contribution < 1.29 is 19.0 Å². The second kappa shape index (κ2) is 8.28. The van der Waals surface area contributed by atoms with E-state index < -0.39 is 0 Å². The van der Waals surface area contributed by atoms with Crippen LogP contribution in [0.2, 0.25) is 0 Å². The Morgan fingerprint density at radius 3 is 2.66 bits per heavy atom. The molecule has 2 aliphatic rings. The summed E-state index contributed by atoms with van der Waals surface area (Å²) in [5, 5.41) is 13.5. The Kier molecular flexibility index (Phi) is 5.31. The van der Waals surface area contributed by atoms with Gasteiger partial charge in [-0.1, -0.05) is 18.2 Å². The van der Waals surface area contributed by atoms with Gasteiger partial charge in [-0.3, -0.25) is 4.79 Å². The van der Waals surface area contributed by atoms with Crippen molar-refractivity contribution in [2.45, 2.75) is 18.5 Å². The van der Waals surface area contributed by atoms with Crippen LogP contribution in [-0.2, 0) is 0 Å². The molecular formula is C26H25FN2O3. The minimum atomic E-state index is -0.365. The minimum Gasteiger partial charge on any atom is -0.497 e. The van der Waals surface area contributed by atoms with E-state index in [1.165, 1.54) is 24.3 Å². The fourth-order valence-corrected chi connectivity index (χ4v) is 5.03. The summed E-state index contributed by atoms with van der Waals surface area (Å²) in [4.78, 5) is 15.2. The topological polar surface area (TPSA) is 61.8 Å². The predicted molar refractivity (Wildman–Crippen MR) is 121 cm³/mol. The number of carbonyl (C=O) groups excluding carboxylic acids is 1. The molecule has 2 heterocycles. The molecule has 0 saturated carbocycles. The Morgan fingerprint density at radius 2 is 1.91 bits per heavy atom. The quantitative estimate of drug-likeness (QED) is 0.638. The van der Waals surface area contributed by atoms with Gasteiger partial charge in [-0.05, 0) is 71.6 Å². The number of anilines is 1. The molecule has 3 aromatic carbocycles. The molecule has 2 aliphatic heterocycles. The highest BCUT2D eigenvalue weighted by molar-refractivity contribution is 5.95. The van der Waals surface area contributed by atoms with Crippen LogP contribution in [0.5, 0.6) is 5.75 Å². The van der Waals surface area contributed by atoms with Gasteiger partial charge in [0.15, 0.2) is 0 Å². The molecule has 32 heavy (non-hydrogen) atoms. The summed E-state index contributed by atoms with van der Waals surface area (Å²) < 4.78 is 18.8. The third-order valence-electron chi connectivity index (χ3n) is 6.62. The number of nitrogens with one attached hydrogen (secondary N) is 1. The second-order valence-corrected chi connectivity index (χ2v) is 8.37. The molecule has 2 N–H and O–H groups in total. The highest BCUT2D eigenvalue weighted by atomic mass is 19.1. The summed E-state index contributed by atoms with van der Waals surface area (Å²) in [5.41, 5.74) is 4.49. The van der Waals surface area contributed by atoms with Gasteiger partial charge in [0.1, 0.15) is 11.6 Å². The fourth-order valence-electron chi connectivity index (χ4n) is 5.03. The van der Waals surface area contributed by atoms with Gasteiger partial charge in [0.2, 0.25) is 0 Å². The van der Waals surface area contributed by atoms with E-state index in [4.69, 9.17) is 4.74 Å². The van der Waals surface area contributed by atoms with E-state index in [0.717, 1.165) is 34.5 Å². The zero-order valence-corrected chi connectivity index (χ0v) is 17.8. The number of hydrogen-bond acceptors (Lipinski definition) is 4. The first kappa shape index (κ1) is 20.5. The number of fused-ring (bicyclic) bond motifs is 3. The smallest absolute Gasteiger partial charge is 0.254 e. The molecule has 0 unspecified atom stereocenters. The lowest BCUT2D eigenvalue weighted by Crippen LogP contribution is -2.42. The Morgan fingerprint density at radius 1 is 1.12 bits per heavy atom. The number of hydrogen-bond donors (Lipinski definition) is 2. The van der Waals surface area contributed by atoms with Crippen LogP contribution in [0.25, 0.3) is 11.1 Å². The molecule has 3 atom stereocenters. The number of amides is 1. The van der Waals surface area contributed by atoms with Crippen molar-refractivity contribution in [1.29, 1.82) is 0 Å². The first-order valence-corrected chi connectivity index (χ1v) is 10.8. The number of likely N-dealkylation sites (tertiary alicyclic amines) is 1. The first-order chi connectivity index (χ1) is 15.6. The predicted octanol–water partition coefficient (Wildman–Crippen LogP) is 4.49. The van der Waals surface area contributed by atoms with Gasteiger partial charge in [-0.25, -0.2) is 4.39 Å². The van der Waals surface area contributed by atoms with Crippen LogP contribution >= 0.6 is 0 Å². The maximum Gasteiger partial charge on any atom is 0.254 e. The van der Waals surface area contributed by atoms with E-state index in [0.29, 0.717) is 12.1 Å². The summed E-state index contributed by atoms with van der Waals surface area (Å²) in [6.07, 6.45) is 0.790. The Balaban J connectivity index is 1.56. The Bertz CT molecular complexity index is 1150. The first-order valence-electron chi connectivity index (χ1n) is 10.8. The Hall–Kier alpha value is -3.38. The van der Waals surface area contributed by atoms with Gasteiger partial charge in [0.05, 0.1) is 25.8 Å². The number of aliphatic hydroxyl groups is 1. The van der Waals surface area contributed by atoms with Gasteiger partial charge >= 0.3 is 0 Å².